The molecule has 4 rings (SSSR count). The van der Waals surface area contributed by atoms with Gasteiger partial charge in [0.15, 0.2) is 5.82 Å². The minimum atomic E-state index is 0.663. The predicted molar refractivity (Wildman–Crippen MR) is 150 cm³/mol. The normalized spacial score (nSPS) is 25.0. The third-order valence-electron chi connectivity index (χ3n) is 9.16. The molecule has 1 heterocycles. The first-order chi connectivity index (χ1) is 17.3. The number of hydrogen-bond donors (Lipinski definition) is 0. The van der Waals surface area contributed by atoms with Crippen LogP contribution in [-0.4, -0.2) is 9.97 Å². The second-order valence-electron chi connectivity index (χ2n) is 11.7. The van der Waals surface area contributed by atoms with Gasteiger partial charge in [-0.2, -0.15) is 0 Å². The van der Waals surface area contributed by atoms with Crippen LogP contribution in [0.4, 0.5) is 0 Å². The van der Waals surface area contributed by atoms with Crippen LogP contribution in [0.5, 0.6) is 0 Å². The number of benzene rings is 1. The van der Waals surface area contributed by atoms with Crippen molar-refractivity contribution in [1.82, 2.24) is 9.97 Å². The molecule has 192 valence electrons. The van der Waals surface area contributed by atoms with Crippen molar-refractivity contribution in [2.75, 3.05) is 0 Å². The summed E-state index contributed by atoms with van der Waals surface area (Å²) in [5, 5.41) is 0. The Morgan fingerprint density at radius 1 is 0.571 bits per heavy atom. The second-order valence-corrected chi connectivity index (χ2v) is 11.7. The van der Waals surface area contributed by atoms with Crippen LogP contribution in [-0.2, 0) is 0 Å². The number of aromatic nitrogens is 2. The van der Waals surface area contributed by atoms with Crippen molar-refractivity contribution < 1.29 is 0 Å². The van der Waals surface area contributed by atoms with Gasteiger partial charge in [0.1, 0.15) is 0 Å². The van der Waals surface area contributed by atoms with Gasteiger partial charge in [-0.15, -0.1) is 0 Å². The van der Waals surface area contributed by atoms with Crippen molar-refractivity contribution in [2.45, 2.75) is 135 Å². The van der Waals surface area contributed by atoms with E-state index in [1.807, 2.05) is 0 Å². The highest BCUT2D eigenvalue weighted by molar-refractivity contribution is 5.55. The van der Waals surface area contributed by atoms with Crippen LogP contribution in [0.25, 0.3) is 11.4 Å². The van der Waals surface area contributed by atoms with Gasteiger partial charge in [-0.05, 0) is 86.2 Å². The van der Waals surface area contributed by atoms with E-state index in [0.717, 1.165) is 29.1 Å². The molecule has 0 spiro atoms. The van der Waals surface area contributed by atoms with Gasteiger partial charge in [0.25, 0.3) is 0 Å². The maximum atomic E-state index is 4.78. The minimum absolute atomic E-state index is 0.663. The fourth-order valence-corrected chi connectivity index (χ4v) is 6.70. The Morgan fingerprint density at radius 2 is 1.09 bits per heavy atom. The molecule has 0 unspecified atom stereocenters. The zero-order valence-electron chi connectivity index (χ0n) is 22.7. The maximum absolute atomic E-state index is 4.78. The molecule has 0 bridgehead atoms. The molecule has 0 atom stereocenters. The average molecular weight is 475 g/mol. The summed E-state index contributed by atoms with van der Waals surface area (Å²) in [6.07, 6.45) is 27.9. The fourth-order valence-electron chi connectivity index (χ4n) is 6.70. The second kappa shape index (κ2) is 14.1. The van der Waals surface area contributed by atoms with E-state index >= 15 is 0 Å². The number of nitrogens with zero attached hydrogens (tertiary/aromatic N) is 2. The van der Waals surface area contributed by atoms with E-state index in [-0.39, 0.29) is 0 Å². The Kier molecular flexibility index (Phi) is 10.7. The van der Waals surface area contributed by atoms with Gasteiger partial charge >= 0.3 is 0 Å². The Labute approximate surface area is 215 Å². The molecule has 2 saturated carbocycles. The molecule has 0 N–H and O–H groups in total. The van der Waals surface area contributed by atoms with Gasteiger partial charge in [-0.3, -0.25) is 0 Å². The Hall–Kier alpha value is -1.70. The summed E-state index contributed by atoms with van der Waals surface area (Å²) < 4.78 is 0. The third kappa shape index (κ3) is 7.89. The summed E-state index contributed by atoms with van der Waals surface area (Å²) in [4.78, 5) is 9.56. The molecule has 2 aliphatic carbocycles. The van der Waals surface area contributed by atoms with Gasteiger partial charge in [-0.1, -0.05) is 95.9 Å². The lowest BCUT2D eigenvalue weighted by atomic mass is 9.77. The van der Waals surface area contributed by atoms with Gasteiger partial charge in [0.05, 0.1) is 0 Å². The minimum Gasteiger partial charge on any atom is -0.236 e. The summed E-state index contributed by atoms with van der Waals surface area (Å²) in [6.45, 7) is 4.61. The summed E-state index contributed by atoms with van der Waals surface area (Å²) in [6, 6.07) is 9.20. The lowest BCUT2D eigenvalue weighted by Crippen LogP contribution is -2.14. The smallest absolute Gasteiger partial charge is 0.159 e. The topological polar surface area (TPSA) is 25.8 Å². The zero-order chi connectivity index (χ0) is 24.3. The summed E-state index contributed by atoms with van der Waals surface area (Å²) in [5.41, 5.74) is 4.03. The molecule has 0 amide bonds. The Bertz CT molecular complexity index is 824. The quantitative estimate of drug-likeness (QED) is 0.286. The molecular weight excluding hydrogens is 424 g/mol. The van der Waals surface area contributed by atoms with Crippen LogP contribution in [0.1, 0.15) is 146 Å². The van der Waals surface area contributed by atoms with Crippen LogP contribution >= 0.6 is 0 Å². The average Bonchev–Trinajstić information content (AvgIpc) is 2.93. The van der Waals surface area contributed by atoms with E-state index in [1.165, 1.54) is 120 Å². The van der Waals surface area contributed by atoms with Gasteiger partial charge in [-0.25, -0.2) is 9.97 Å². The standard InChI is InChI=1S/C33H50N2/c1-3-5-7-8-9-11-27-12-16-28(17-13-27)29-20-22-31(23-21-29)33-34-24-32(25-35-33)30-18-14-26(15-19-30)10-6-4-2/h20-28,30H,3-19H2,1-2H3/t26-,27-,28-,30-. The molecule has 2 aliphatic rings. The monoisotopic (exact) mass is 474 g/mol. The first kappa shape index (κ1) is 26.4. The first-order valence-electron chi connectivity index (χ1n) is 15.2. The van der Waals surface area contributed by atoms with E-state index in [4.69, 9.17) is 9.97 Å². The molecule has 0 radical (unpaired) electrons. The summed E-state index contributed by atoms with van der Waals surface area (Å²) in [7, 11) is 0. The third-order valence-corrected chi connectivity index (χ3v) is 9.16. The van der Waals surface area contributed by atoms with Crippen LogP contribution in [0.3, 0.4) is 0 Å². The van der Waals surface area contributed by atoms with E-state index in [2.05, 4.69) is 50.5 Å². The highest BCUT2D eigenvalue weighted by Crippen LogP contribution is 2.39. The highest BCUT2D eigenvalue weighted by atomic mass is 14.9. The lowest BCUT2D eigenvalue weighted by Gasteiger charge is -2.29. The van der Waals surface area contributed by atoms with E-state index in [0.29, 0.717) is 5.92 Å². The van der Waals surface area contributed by atoms with Crippen molar-refractivity contribution in [1.29, 1.82) is 0 Å². The molecule has 2 nitrogen and oxygen atoms in total. The van der Waals surface area contributed by atoms with Crippen molar-refractivity contribution >= 4 is 0 Å². The molecule has 0 aliphatic heterocycles. The zero-order valence-corrected chi connectivity index (χ0v) is 22.7. The number of rotatable bonds is 12. The fraction of sp³-hybridized carbons (Fsp3) is 0.697. The van der Waals surface area contributed by atoms with E-state index in [1.54, 1.807) is 0 Å². The maximum Gasteiger partial charge on any atom is 0.159 e. The molecule has 2 heteroatoms. The molecule has 2 aromatic rings. The Morgan fingerprint density at radius 3 is 1.66 bits per heavy atom. The summed E-state index contributed by atoms with van der Waals surface area (Å²) in [5.74, 6) is 4.22. The predicted octanol–water partition coefficient (Wildman–Crippen LogP) is 10.2. The number of hydrogen-bond acceptors (Lipinski definition) is 2. The van der Waals surface area contributed by atoms with Crippen molar-refractivity contribution in [2.24, 2.45) is 11.8 Å². The van der Waals surface area contributed by atoms with Crippen LogP contribution in [0.2, 0.25) is 0 Å². The van der Waals surface area contributed by atoms with Crippen molar-refractivity contribution in [3.63, 3.8) is 0 Å². The van der Waals surface area contributed by atoms with E-state index < -0.39 is 0 Å². The highest BCUT2D eigenvalue weighted by Gasteiger charge is 2.23. The van der Waals surface area contributed by atoms with E-state index in [9.17, 15) is 0 Å². The molecular formula is C33H50N2. The van der Waals surface area contributed by atoms with Crippen LogP contribution in [0.15, 0.2) is 36.7 Å². The van der Waals surface area contributed by atoms with Gasteiger partial charge in [0.2, 0.25) is 0 Å². The molecule has 35 heavy (non-hydrogen) atoms. The summed E-state index contributed by atoms with van der Waals surface area (Å²) >= 11 is 0. The first-order valence-corrected chi connectivity index (χ1v) is 15.2. The van der Waals surface area contributed by atoms with Crippen LogP contribution < -0.4 is 0 Å². The molecule has 1 aromatic heterocycles. The Balaban J connectivity index is 1.23. The van der Waals surface area contributed by atoms with Gasteiger partial charge in [0, 0.05) is 18.0 Å². The molecule has 2 fully saturated rings. The largest absolute Gasteiger partial charge is 0.236 e. The van der Waals surface area contributed by atoms with Gasteiger partial charge < -0.3 is 0 Å². The number of unbranched alkanes of at least 4 members (excludes halogenated alkanes) is 5. The van der Waals surface area contributed by atoms with Crippen molar-refractivity contribution in [3.05, 3.63) is 47.8 Å². The molecule has 1 aromatic carbocycles. The van der Waals surface area contributed by atoms with Crippen LogP contribution in [0, 0.1) is 11.8 Å². The van der Waals surface area contributed by atoms with Crippen molar-refractivity contribution in [3.8, 4) is 11.4 Å². The lowest BCUT2D eigenvalue weighted by molar-refractivity contribution is 0.302. The SMILES string of the molecule is CCCCCCC[C@H]1CC[C@H](c2ccc(-c3ncc([C@H]4CC[C@H](CCCC)CC4)cn3)cc2)CC1. The molecule has 0 saturated heterocycles.